The van der Waals surface area contributed by atoms with Crippen molar-refractivity contribution in [2.45, 2.75) is 32.0 Å². The smallest absolute Gasteiger partial charge is 0.227 e. The largest absolute Gasteiger partial charge is 0.396 e. The fraction of sp³-hybridized carbons (Fsp3) is 0.545. The van der Waals surface area contributed by atoms with Crippen molar-refractivity contribution >= 4 is 5.91 Å². The van der Waals surface area contributed by atoms with Gasteiger partial charge in [-0.25, -0.2) is 4.68 Å². The first-order valence-corrected chi connectivity index (χ1v) is 10.4. The number of carbonyl (C=O) groups is 1. The third-order valence-corrected chi connectivity index (χ3v) is 7.04. The average Bonchev–Trinajstić information content (AvgIpc) is 3.28. The van der Waals surface area contributed by atoms with Gasteiger partial charge in [-0.3, -0.25) is 4.79 Å². The van der Waals surface area contributed by atoms with Gasteiger partial charge in [-0.1, -0.05) is 18.2 Å². The molecule has 3 saturated heterocycles. The zero-order chi connectivity index (χ0) is 20.2. The molecule has 2 N–H and O–H groups in total. The molecule has 4 heterocycles. The van der Waals surface area contributed by atoms with E-state index in [1.54, 1.807) is 0 Å². The van der Waals surface area contributed by atoms with Gasteiger partial charge in [-0.2, -0.15) is 5.10 Å². The second-order valence-electron chi connectivity index (χ2n) is 8.65. The first-order valence-electron chi connectivity index (χ1n) is 10.4. The maximum atomic E-state index is 13.2. The predicted molar refractivity (Wildman–Crippen MR) is 108 cm³/mol. The number of aliphatic hydroxyl groups is 1. The highest BCUT2D eigenvalue weighted by atomic mass is 16.5. The Kier molecular flexibility index (Phi) is 4.49. The van der Waals surface area contributed by atoms with Crippen molar-refractivity contribution < 1.29 is 14.6 Å². The normalized spacial score (nSPS) is 30.6. The molecule has 29 heavy (non-hydrogen) atoms. The minimum absolute atomic E-state index is 0.0598. The van der Waals surface area contributed by atoms with Crippen LogP contribution in [0, 0.1) is 25.7 Å². The van der Waals surface area contributed by atoms with Crippen LogP contribution >= 0.6 is 0 Å². The van der Waals surface area contributed by atoms with Crippen LogP contribution in [-0.2, 0) is 16.0 Å². The van der Waals surface area contributed by atoms with Crippen LogP contribution in [0.3, 0.4) is 0 Å². The lowest BCUT2D eigenvalue weighted by atomic mass is 9.83. The summed E-state index contributed by atoms with van der Waals surface area (Å²) in [6, 6.07) is 10.00. The lowest BCUT2D eigenvalue weighted by molar-refractivity contribution is -0.133. The summed E-state index contributed by atoms with van der Waals surface area (Å²) in [5.41, 5.74) is 3.54. The lowest BCUT2D eigenvalue weighted by Gasteiger charge is -2.33. The molecule has 154 valence electrons. The van der Waals surface area contributed by atoms with Crippen molar-refractivity contribution in [3.05, 3.63) is 47.3 Å². The van der Waals surface area contributed by atoms with Gasteiger partial charge in [0.05, 0.1) is 30.5 Å². The number of morpholine rings is 1. The van der Waals surface area contributed by atoms with Crippen LogP contribution in [0.2, 0.25) is 0 Å². The van der Waals surface area contributed by atoms with Crippen LogP contribution < -0.4 is 5.32 Å². The summed E-state index contributed by atoms with van der Waals surface area (Å²) in [5.74, 6) is 0.410. The Bertz CT molecular complexity index is 928. The van der Waals surface area contributed by atoms with E-state index in [1.807, 2.05) is 53.8 Å². The second kappa shape index (κ2) is 6.93. The number of benzene rings is 1. The van der Waals surface area contributed by atoms with E-state index < -0.39 is 0 Å². The Balaban J connectivity index is 1.35. The topological polar surface area (TPSA) is 79.6 Å². The Morgan fingerprint density at radius 2 is 2.14 bits per heavy atom. The minimum Gasteiger partial charge on any atom is -0.396 e. The van der Waals surface area contributed by atoms with Gasteiger partial charge in [-0.05, 0) is 26.0 Å². The lowest BCUT2D eigenvalue weighted by Crippen LogP contribution is -2.52. The fourth-order valence-electron chi connectivity index (χ4n) is 5.50. The summed E-state index contributed by atoms with van der Waals surface area (Å²) < 4.78 is 8.23. The summed E-state index contributed by atoms with van der Waals surface area (Å²) in [6.07, 6.45) is 0.401. The van der Waals surface area contributed by atoms with E-state index in [-0.39, 0.29) is 36.1 Å². The van der Waals surface area contributed by atoms with Gasteiger partial charge >= 0.3 is 0 Å². The molecule has 0 unspecified atom stereocenters. The van der Waals surface area contributed by atoms with Gasteiger partial charge in [0, 0.05) is 49.3 Å². The molecule has 3 aliphatic rings. The molecule has 3 fully saturated rings. The number of aryl methyl sites for hydroxylation is 1. The van der Waals surface area contributed by atoms with E-state index >= 15 is 0 Å². The number of fused-ring (bicyclic) bond motifs is 1. The summed E-state index contributed by atoms with van der Waals surface area (Å²) in [4.78, 5) is 15.1. The Labute approximate surface area is 170 Å². The highest BCUT2D eigenvalue weighted by Crippen LogP contribution is 2.47. The summed E-state index contributed by atoms with van der Waals surface area (Å²) >= 11 is 0. The number of para-hydroxylation sites is 1. The maximum absolute atomic E-state index is 13.2. The number of nitrogens with zero attached hydrogens (tertiary/aromatic N) is 3. The number of ether oxygens (including phenoxy) is 1. The van der Waals surface area contributed by atoms with Gasteiger partial charge in [0.15, 0.2) is 0 Å². The molecule has 5 rings (SSSR count). The number of nitrogens with one attached hydrogen (secondary N) is 1. The number of likely N-dealkylation sites (tertiary alicyclic amines) is 1. The van der Waals surface area contributed by atoms with E-state index in [9.17, 15) is 9.90 Å². The van der Waals surface area contributed by atoms with Crippen molar-refractivity contribution in [1.82, 2.24) is 20.0 Å². The summed E-state index contributed by atoms with van der Waals surface area (Å²) in [7, 11) is 0. The highest BCUT2D eigenvalue weighted by Gasteiger charge is 2.61. The number of carbonyl (C=O) groups excluding carboxylic acids is 1. The fourth-order valence-corrected chi connectivity index (χ4v) is 5.50. The molecule has 3 aliphatic heterocycles. The van der Waals surface area contributed by atoms with Gasteiger partial charge in [0.1, 0.15) is 5.60 Å². The quantitative estimate of drug-likeness (QED) is 0.801. The van der Waals surface area contributed by atoms with E-state index in [0.717, 1.165) is 35.7 Å². The molecule has 2 bridgehead atoms. The number of amides is 1. The number of aromatic nitrogens is 2. The SMILES string of the molecule is Cc1nn(-c2ccccc2)c(C)c1CC(=O)N1C[C@@H]2[C@H](CO)[C@H]3CNC[C@]2(C1)O3. The molecule has 1 aromatic carbocycles. The zero-order valence-electron chi connectivity index (χ0n) is 17.0. The number of rotatable bonds is 4. The molecule has 0 aliphatic carbocycles. The van der Waals surface area contributed by atoms with Crippen LogP contribution in [0.5, 0.6) is 0 Å². The van der Waals surface area contributed by atoms with Crippen molar-refractivity contribution in [3.8, 4) is 5.69 Å². The van der Waals surface area contributed by atoms with Gasteiger partial charge in [0.25, 0.3) is 0 Å². The van der Waals surface area contributed by atoms with E-state index in [4.69, 9.17) is 4.74 Å². The Morgan fingerprint density at radius 1 is 1.34 bits per heavy atom. The zero-order valence-corrected chi connectivity index (χ0v) is 17.0. The van der Waals surface area contributed by atoms with E-state index in [0.29, 0.717) is 19.5 Å². The highest BCUT2D eigenvalue weighted by molar-refractivity contribution is 5.80. The number of hydrogen-bond acceptors (Lipinski definition) is 5. The molecule has 7 nitrogen and oxygen atoms in total. The second-order valence-corrected chi connectivity index (χ2v) is 8.65. The molecule has 4 atom stereocenters. The van der Waals surface area contributed by atoms with Crippen molar-refractivity contribution in [1.29, 1.82) is 0 Å². The van der Waals surface area contributed by atoms with Gasteiger partial charge in [-0.15, -0.1) is 0 Å². The van der Waals surface area contributed by atoms with Crippen molar-refractivity contribution in [3.63, 3.8) is 0 Å². The standard InChI is InChI=1S/C22H28N4O3/c1-14-17(15(2)26(24-14)16-6-4-3-5-7-16)8-21(28)25-10-19-18(11-27)20-9-23-12-22(19,13-25)29-20/h3-7,18-20,23,27H,8-13H2,1-2H3/t18-,19+,20+,22+/m0/s1. The number of hydrogen-bond donors (Lipinski definition) is 2. The predicted octanol–water partition coefficient (Wildman–Crippen LogP) is 0.839. The van der Waals surface area contributed by atoms with Gasteiger partial charge < -0.3 is 20.1 Å². The van der Waals surface area contributed by atoms with Crippen LogP contribution in [0.25, 0.3) is 5.69 Å². The third-order valence-electron chi connectivity index (χ3n) is 7.04. The molecule has 7 heteroatoms. The molecule has 0 radical (unpaired) electrons. The molecular formula is C22H28N4O3. The molecule has 0 saturated carbocycles. The Hall–Kier alpha value is -2.22. The third kappa shape index (κ3) is 2.91. The number of aliphatic hydroxyl groups excluding tert-OH is 1. The molecule has 1 amide bonds. The van der Waals surface area contributed by atoms with Gasteiger partial charge in [0.2, 0.25) is 5.91 Å². The monoisotopic (exact) mass is 396 g/mol. The first kappa shape index (κ1) is 18.8. The average molecular weight is 396 g/mol. The van der Waals surface area contributed by atoms with E-state index in [1.165, 1.54) is 0 Å². The molecular weight excluding hydrogens is 368 g/mol. The van der Waals surface area contributed by atoms with Crippen molar-refractivity contribution in [2.24, 2.45) is 11.8 Å². The maximum Gasteiger partial charge on any atom is 0.227 e. The van der Waals surface area contributed by atoms with Crippen LogP contribution in [0.4, 0.5) is 0 Å². The summed E-state index contributed by atoms with van der Waals surface area (Å²) in [5, 5.41) is 18.0. The Morgan fingerprint density at radius 3 is 2.90 bits per heavy atom. The molecule has 1 spiro atoms. The minimum atomic E-state index is -0.343. The molecule has 1 aromatic heterocycles. The van der Waals surface area contributed by atoms with Crippen molar-refractivity contribution in [2.75, 3.05) is 32.8 Å². The van der Waals surface area contributed by atoms with Crippen LogP contribution in [0.15, 0.2) is 30.3 Å². The van der Waals surface area contributed by atoms with Crippen LogP contribution in [0.1, 0.15) is 17.0 Å². The van der Waals surface area contributed by atoms with E-state index in [2.05, 4.69) is 10.4 Å². The van der Waals surface area contributed by atoms with Crippen LogP contribution in [-0.4, -0.2) is 70.2 Å². The molecule has 2 aromatic rings. The summed E-state index contributed by atoms with van der Waals surface area (Å²) in [6.45, 7) is 6.89. The first-order chi connectivity index (χ1) is 14.0.